The fraction of sp³-hybridized carbons (Fsp3) is 1.00. The summed E-state index contributed by atoms with van der Waals surface area (Å²) >= 11 is 0. The van der Waals surface area contributed by atoms with Crippen LogP contribution in [0.15, 0.2) is 0 Å². The molecule has 0 fully saturated rings. The van der Waals surface area contributed by atoms with Crippen LogP contribution < -0.4 is 11.3 Å². The van der Waals surface area contributed by atoms with Gasteiger partial charge in [-0.05, 0) is 26.7 Å². The van der Waals surface area contributed by atoms with Crippen molar-refractivity contribution < 1.29 is 4.74 Å². The number of nitrogens with two attached hydrogens (primary N) is 1. The molecule has 3 heteroatoms. The van der Waals surface area contributed by atoms with Gasteiger partial charge in [-0.1, -0.05) is 71.1 Å². The minimum atomic E-state index is -0.0878. The highest BCUT2D eigenvalue weighted by molar-refractivity contribution is 4.76. The minimum Gasteiger partial charge on any atom is -0.379 e. The fourth-order valence-electron chi connectivity index (χ4n) is 2.80. The Balaban J connectivity index is 3.43. The van der Waals surface area contributed by atoms with E-state index in [1.165, 1.54) is 64.2 Å². The van der Waals surface area contributed by atoms with Crippen LogP contribution in [-0.2, 0) is 4.74 Å². The molecule has 0 spiro atoms. The van der Waals surface area contributed by atoms with Crippen molar-refractivity contribution in [2.24, 2.45) is 5.84 Å². The molecule has 0 aliphatic rings. The number of rotatable bonds is 15. The Morgan fingerprint density at radius 3 is 1.81 bits per heavy atom. The maximum Gasteiger partial charge on any atom is 0.0638 e. The monoisotopic (exact) mass is 300 g/mol. The molecule has 1 unspecified atom stereocenters. The van der Waals surface area contributed by atoms with Gasteiger partial charge in [0, 0.05) is 13.2 Å². The van der Waals surface area contributed by atoms with E-state index in [1.54, 1.807) is 7.11 Å². The second-order valence-electron chi connectivity index (χ2n) is 7.00. The molecule has 0 saturated carbocycles. The summed E-state index contributed by atoms with van der Waals surface area (Å²) in [7, 11) is 1.77. The van der Waals surface area contributed by atoms with Crippen molar-refractivity contribution in [1.29, 1.82) is 0 Å². The normalized spacial score (nSPS) is 13.6. The third-order valence-electron chi connectivity index (χ3n) is 4.43. The minimum absolute atomic E-state index is 0.0878. The maximum atomic E-state index is 5.65. The summed E-state index contributed by atoms with van der Waals surface area (Å²) in [5.41, 5.74) is 2.86. The van der Waals surface area contributed by atoms with E-state index < -0.39 is 0 Å². The molecule has 0 rings (SSSR count). The Labute approximate surface area is 133 Å². The number of methoxy groups -OCH3 is 1. The SMILES string of the molecule is CCCCCCCCCCCCC(CC(C)(C)OC)NN. The van der Waals surface area contributed by atoms with E-state index in [-0.39, 0.29) is 5.60 Å². The lowest BCUT2D eigenvalue weighted by molar-refractivity contribution is 0.00616. The molecule has 0 bridgehead atoms. The highest BCUT2D eigenvalue weighted by Gasteiger charge is 2.21. The van der Waals surface area contributed by atoms with Gasteiger partial charge in [0.1, 0.15) is 0 Å². The standard InChI is InChI=1S/C18H40N2O/c1-5-6-7-8-9-10-11-12-13-14-15-17(20-19)16-18(2,3)21-4/h17,20H,5-16,19H2,1-4H3. The highest BCUT2D eigenvalue weighted by atomic mass is 16.5. The predicted molar refractivity (Wildman–Crippen MR) is 93.3 cm³/mol. The number of hydrogen-bond acceptors (Lipinski definition) is 3. The number of hydrazine groups is 1. The van der Waals surface area contributed by atoms with E-state index >= 15 is 0 Å². The first-order chi connectivity index (χ1) is 10.1. The number of ether oxygens (including phenoxy) is 1. The van der Waals surface area contributed by atoms with Crippen LogP contribution in [0.4, 0.5) is 0 Å². The summed E-state index contributed by atoms with van der Waals surface area (Å²) in [4.78, 5) is 0. The predicted octanol–water partition coefficient (Wildman–Crippen LogP) is 4.94. The summed E-state index contributed by atoms with van der Waals surface area (Å²) in [6, 6.07) is 0.369. The lowest BCUT2D eigenvalue weighted by Crippen LogP contribution is -2.41. The quantitative estimate of drug-likeness (QED) is 0.256. The molecule has 3 N–H and O–H groups in total. The smallest absolute Gasteiger partial charge is 0.0638 e. The Kier molecular flexibility index (Phi) is 13.5. The first-order valence-corrected chi connectivity index (χ1v) is 9.07. The van der Waals surface area contributed by atoms with Crippen LogP contribution in [-0.4, -0.2) is 18.8 Å². The third kappa shape index (κ3) is 13.3. The van der Waals surface area contributed by atoms with E-state index in [2.05, 4.69) is 26.2 Å². The second kappa shape index (κ2) is 13.5. The van der Waals surface area contributed by atoms with Crippen LogP contribution >= 0.6 is 0 Å². The van der Waals surface area contributed by atoms with Crippen molar-refractivity contribution in [2.45, 2.75) is 109 Å². The van der Waals surface area contributed by atoms with Gasteiger partial charge < -0.3 is 4.74 Å². The third-order valence-corrected chi connectivity index (χ3v) is 4.43. The van der Waals surface area contributed by atoms with Crippen LogP contribution in [0.5, 0.6) is 0 Å². The van der Waals surface area contributed by atoms with Gasteiger partial charge in [0.2, 0.25) is 0 Å². The molecule has 21 heavy (non-hydrogen) atoms. The first-order valence-electron chi connectivity index (χ1n) is 9.07. The first kappa shape index (κ1) is 20.9. The maximum absolute atomic E-state index is 5.65. The highest BCUT2D eigenvalue weighted by Crippen LogP contribution is 2.19. The summed E-state index contributed by atoms with van der Waals surface area (Å²) in [5.74, 6) is 5.65. The van der Waals surface area contributed by atoms with Crippen molar-refractivity contribution in [3.63, 3.8) is 0 Å². The van der Waals surface area contributed by atoms with Gasteiger partial charge in [-0.2, -0.15) is 0 Å². The van der Waals surface area contributed by atoms with Crippen LogP contribution in [0.3, 0.4) is 0 Å². The van der Waals surface area contributed by atoms with Gasteiger partial charge in [0.05, 0.1) is 5.60 Å². The second-order valence-corrected chi connectivity index (χ2v) is 7.00. The average Bonchev–Trinajstić information content (AvgIpc) is 2.47. The molecule has 0 saturated heterocycles. The Hall–Kier alpha value is -0.120. The summed E-state index contributed by atoms with van der Waals surface area (Å²) in [5, 5.41) is 0. The number of unbranched alkanes of at least 4 members (excludes halogenated alkanes) is 9. The van der Waals surface area contributed by atoms with E-state index in [9.17, 15) is 0 Å². The van der Waals surface area contributed by atoms with Crippen LogP contribution in [0.2, 0.25) is 0 Å². The van der Waals surface area contributed by atoms with Crippen LogP contribution in [0.25, 0.3) is 0 Å². The van der Waals surface area contributed by atoms with E-state index in [4.69, 9.17) is 10.6 Å². The molecular formula is C18H40N2O. The van der Waals surface area contributed by atoms with Crippen LogP contribution in [0, 0.1) is 0 Å². The molecule has 0 aromatic heterocycles. The van der Waals surface area contributed by atoms with Crippen molar-refractivity contribution in [3.05, 3.63) is 0 Å². The molecule has 0 heterocycles. The van der Waals surface area contributed by atoms with E-state index in [1.807, 2.05) is 0 Å². The summed E-state index contributed by atoms with van der Waals surface area (Å²) < 4.78 is 5.47. The van der Waals surface area contributed by atoms with Crippen LogP contribution in [0.1, 0.15) is 97.8 Å². The van der Waals surface area contributed by atoms with Crippen molar-refractivity contribution in [3.8, 4) is 0 Å². The van der Waals surface area contributed by atoms with Gasteiger partial charge >= 0.3 is 0 Å². The molecular weight excluding hydrogens is 260 g/mol. The summed E-state index contributed by atoms with van der Waals surface area (Å²) in [6.07, 6.45) is 15.9. The van der Waals surface area contributed by atoms with Gasteiger partial charge in [-0.3, -0.25) is 11.3 Å². The molecule has 0 aromatic rings. The van der Waals surface area contributed by atoms with E-state index in [0.29, 0.717) is 6.04 Å². The van der Waals surface area contributed by atoms with E-state index in [0.717, 1.165) is 12.8 Å². The lowest BCUT2D eigenvalue weighted by atomic mass is 9.95. The summed E-state index contributed by atoms with van der Waals surface area (Å²) in [6.45, 7) is 6.52. The Morgan fingerprint density at radius 1 is 0.905 bits per heavy atom. The molecule has 0 aliphatic heterocycles. The Bertz CT molecular complexity index is 219. The number of hydrogen-bond donors (Lipinski definition) is 2. The van der Waals surface area contributed by atoms with Crippen molar-refractivity contribution in [2.75, 3.05) is 7.11 Å². The van der Waals surface area contributed by atoms with Gasteiger partial charge in [-0.25, -0.2) is 0 Å². The number of nitrogens with one attached hydrogen (secondary N) is 1. The van der Waals surface area contributed by atoms with Gasteiger partial charge in [-0.15, -0.1) is 0 Å². The average molecular weight is 301 g/mol. The Morgan fingerprint density at radius 2 is 1.38 bits per heavy atom. The molecule has 1 atom stereocenters. The topological polar surface area (TPSA) is 47.3 Å². The zero-order valence-corrected chi connectivity index (χ0v) is 15.0. The van der Waals surface area contributed by atoms with Crippen molar-refractivity contribution >= 4 is 0 Å². The molecule has 3 nitrogen and oxygen atoms in total. The molecule has 0 radical (unpaired) electrons. The molecule has 128 valence electrons. The molecule has 0 amide bonds. The van der Waals surface area contributed by atoms with Gasteiger partial charge in [0.15, 0.2) is 0 Å². The lowest BCUT2D eigenvalue weighted by Gasteiger charge is -2.28. The van der Waals surface area contributed by atoms with Gasteiger partial charge in [0.25, 0.3) is 0 Å². The molecule has 0 aromatic carbocycles. The fourth-order valence-corrected chi connectivity index (χ4v) is 2.80. The molecule has 0 aliphatic carbocycles. The van der Waals surface area contributed by atoms with Crippen molar-refractivity contribution in [1.82, 2.24) is 5.43 Å². The zero-order valence-electron chi connectivity index (χ0n) is 15.0. The zero-order chi connectivity index (χ0) is 16.0. The largest absolute Gasteiger partial charge is 0.379 e.